The lowest BCUT2D eigenvalue weighted by Gasteiger charge is -2.27. The van der Waals surface area contributed by atoms with Crippen molar-refractivity contribution in [1.82, 2.24) is 19.9 Å². The maximum absolute atomic E-state index is 12.8. The quantitative estimate of drug-likeness (QED) is 0.666. The molecule has 7 nitrogen and oxygen atoms in total. The summed E-state index contributed by atoms with van der Waals surface area (Å²) in [6, 6.07) is 8.00. The van der Waals surface area contributed by atoms with Crippen LogP contribution in [0.5, 0.6) is 0 Å². The zero-order chi connectivity index (χ0) is 21.7. The van der Waals surface area contributed by atoms with E-state index < -0.39 is 0 Å². The molecule has 2 aromatic rings. The molecular formula is C23H32N4O3. The normalized spacial score (nSPS) is 16.3. The molecule has 1 aliphatic rings. The number of rotatable bonds is 8. The van der Waals surface area contributed by atoms with E-state index in [-0.39, 0.29) is 17.9 Å². The third kappa shape index (κ3) is 5.68. The van der Waals surface area contributed by atoms with Crippen molar-refractivity contribution in [2.24, 2.45) is 5.92 Å². The van der Waals surface area contributed by atoms with Crippen molar-refractivity contribution >= 4 is 11.8 Å². The Kier molecular flexibility index (Phi) is 7.24. The molecule has 1 unspecified atom stereocenters. The fourth-order valence-corrected chi connectivity index (χ4v) is 3.95. The lowest BCUT2D eigenvalue weighted by molar-refractivity contribution is -0.133. The number of hydrogen-bond donors (Lipinski definition) is 0. The van der Waals surface area contributed by atoms with Crippen LogP contribution in [0.1, 0.15) is 50.0 Å². The van der Waals surface area contributed by atoms with Gasteiger partial charge in [0.25, 0.3) is 0 Å². The van der Waals surface area contributed by atoms with Gasteiger partial charge in [-0.2, -0.15) is 4.98 Å². The van der Waals surface area contributed by atoms with Gasteiger partial charge < -0.3 is 14.3 Å². The molecule has 0 spiro atoms. The van der Waals surface area contributed by atoms with Crippen LogP contribution in [-0.2, 0) is 28.9 Å². The summed E-state index contributed by atoms with van der Waals surface area (Å²) in [4.78, 5) is 33.2. The summed E-state index contributed by atoms with van der Waals surface area (Å²) in [7, 11) is 0. The minimum absolute atomic E-state index is 0.0131. The van der Waals surface area contributed by atoms with E-state index in [0.29, 0.717) is 50.1 Å². The molecule has 0 radical (unpaired) electrons. The number of benzene rings is 1. The van der Waals surface area contributed by atoms with Crippen molar-refractivity contribution in [2.45, 2.75) is 59.4 Å². The third-order valence-corrected chi connectivity index (χ3v) is 5.63. The summed E-state index contributed by atoms with van der Waals surface area (Å²) in [5.74, 6) is 1.85. The molecule has 2 amide bonds. The number of hydrogen-bond acceptors (Lipinski definition) is 5. The van der Waals surface area contributed by atoms with Gasteiger partial charge in [0, 0.05) is 39.4 Å². The van der Waals surface area contributed by atoms with Crippen LogP contribution in [-0.4, -0.2) is 57.4 Å². The van der Waals surface area contributed by atoms with Crippen LogP contribution in [0.25, 0.3) is 0 Å². The van der Waals surface area contributed by atoms with E-state index in [1.165, 1.54) is 0 Å². The fraction of sp³-hybridized carbons (Fsp3) is 0.565. The molecule has 3 rings (SSSR count). The van der Waals surface area contributed by atoms with Gasteiger partial charge in [0.2, 0.25) is 17.7 Å². The highest BCUT2D eigenvalue weighted by Crippen LogP contribution is 2.19. The first-order valence-electron chi connectivity index (χ1n) is 10.7. The van der Waals surface area contributed by atoms with Gasteiger partial charge in [-0.3, -0.25) is 9.59 Å². The Morgan fingerprint density at radius 1 is 1.30 bits per heavy atom. The predicted molar refractivity (Wildman–Crippen MR) is 114 cm³/mol. The highest BCUT2D eigenvalue weighted by Gasteiger charge is 2.31. The molecule has 1 aliphatic heterocycles. The zero-order valence-corrected chi connectivity index (χ0v) is 18.4. The molecule has 1 fully saturated rings. The summed E-state index contributed by atoms with van der Waals surface area (Å²) >= 11 is 0. The Morgan fingerprint density at radius 2 is 2.07 bits per heavy atom. The number of aryl methyl sites for hydroxylation is 1. The van der Waals surface area contributed by atoms with Gasteiger partial charge in [0.05, 0.1) is 12.5 Å². The smallest absolute Gasteiger partial charge is 0.227 e. The number of carbonyl (C=O) groups excluding carboxylic acids is 2. The highest BCUT2D eigenvalue weighted by atomic mass is 16.5. The molecule has 1 atom stereocenters. The average molecular weight is 413 g/mol. The van der Waals surface area contributed by atoms with Gasteiger partial charge >= 0.3 is 0 Å². The summed E-state index contributed by atoms with van der Waals surface area (Å²) in [6.07, 6.45) is 2.50. The zero-order valence-electron chi connectivity index (χ0n) is 18.4. The fourth-order valence-electron chi connectivity index (χ4n) is 3.95. The Bertz CT molecular complexity index is 877. The van der Waals surface area contributed by atoms with Gasteiger partial charge in [0.1, 0.15) is 0 Å². The molecular weight excluding hydrogens is 380 g/mol. The first kappa shape index (κ1) is 22.0. The van der Waals surface area contributed by atoms with E-state index in [1.807, 2.05) is 41.0 Å². The summed E-state index contributed by atoms with van der Waals surface area (Å²) < 4.78 is 5.29. The van der Waals surface area contributed by atoms with Crippen LogP contribution in [0.2, 0.25) is 0 Å². The van der Waals surface area contributed by atoms with E-state index in [2.05, 4.69) is 24.0 Å². The maximum atomic E-state index is 12.8. The topological polar surface area (TPSA) is 79.5 Å². The Balaban J connectivity index is 1.55. The van der Waals surface area contributed by atoms with Crippen molar-refractivity contribution in [1.29, 1.82) is 0 Å². The minimum Gasteiger partial charge on any atom is -0.340 e. The van der Waals surface area contributed by atoms with Gasteiger partial charge in [0.15, 0.2) is 5.82 Å². The first-order valence-corrected chi connectivity index (χ1v) is 10.7. The number of aromatic nitrogens is 2. The van der Waals surface area contributed by atoms with Crippen LogP contribution < -0.4 is 0 Å². The standard InChI is InChI=1S/C23H32N4O3/c1-16(2)13-22-24-21(25-30-22)10-12-27(18(4)28)20-9-11-26(15-20)23(29)14-19-8-6-5-7-17(19)3/h5-8,16,20H,9-15H2,1-4H3. The second-order valence-electron chi connectivity index (χ2n) is 8.55. The van der Waals surface area contributed by atoms with Crippen LogP contribution >= 0.6 is 0 Å². The van der Waals surface area contributed by atoms with Crippen molar-refractivity contribution < 1.29 is 14.1 Å². The molecule has 0 saturated carbocycles. The van der Waals surface area contributed by atoms with Crippen LogP contribution in [0.3, 0.4) is 0 Å². The van der Waals surface area contributed by atoms with E-state index in [4.69, 9.17) is 4.52 Å². The van der Waals surface area contributed by atoms with Crippen molar-refractivity contribution in [2.75, 3.05) is 19.6 Å². The molecule has 0 bridgehead atoms. The molecule has 2 heterocycles. The van der Waals surface area contributed by atoms with E-state index in [1.54, 1.807) is 6.92 Å². The highest BCUT2D eigenvalue weighted by molar-refractivity contribution is 5.80. The number of nitrogens with zero attached hydrogens (tertiary/aromatic N) is 4. The Morgan fingerprint density at radius 3 is 2.77 bits per heavy atom. The van der Waals surface area contributed by atoms with Crippen molar-refractivity contribution in [3.8, 4) is 0 Å². The van der Waals surface area contributed by atoms with E-state index >= 15 is 0 Å². The second-order valence-corrected chi connectivity index (χ2v) is 8.55. The predicted octanol–water partition coefficient (Wildman–Crippen LogP) is 2.81. The second kappa shape index (κ2) is 9.87. The molecule has 1 aromatic carbocycles. The van der Waals surface area contributed by atoms with Gasteiger partial charge in [-0.1, -0.05) is 43.3 Å². The van der Waals surface area contributed by atoms with Gasteiger partial charge in [-0.25, -0.2) is 0 Å². The van der Waals surface area contributed by atoms with Crippen molar-refractivity contribution in [3.05, 3.63) is 47.1 Å². The Hall–Kier alpha value is -2.70. The van der Waals surface area contributed by atoms with Crippen LogP contribution in [0, 0.1) is 12.8 Å². The number of amides is 2. The van der Waals surface area contributed by atoms with E-state index in [9.17, 15) is 9.59 Å². The monoisotopic (exact) mass is 412 g/mol. The molecule has 30 heavy (non-hydrogen) atoms. The Labute approximate surface area is 178 Å². The summed E-state index contributed by atoms with van der Waals surface area (Å²) in [6.45, 7) is 9.60. The minimum atomic E-state index is 0.0131. The molecule has 0 aliphatic carbocycles. The van der Waals surface area contributed by atoms with Gasteiger partial charge in [-0.05, 0) is 30.4 Å². The number of carbonyl (C=O) groups is 2. The first-order chi connectivity index (χ1) is 14.3. The number of likely N-dealkylation sites (tertiary alicyclic amines) is 1. The molecule has 162 valence electrons. The van der Waals surface area contributed by atoms with Crippen LogP contribution in [0.4, 0.5) is 0 Å². The lowest BCUT2D eigenvalue weighted by Crippen LogP contribution is -2.43. The third-order valence-electron chi connectivity index (χ3n) is 5.63. The summed E-state index contributed by atoms with van der Waals surface area (Å²) in [5.41, 5.74) is 2.19. The van der Waals surface area contributed by atoms with Gasteiger partial charge in [-0.15, -0.1) is 0 Å². The molecule has 1 saturated heterocycles. The van der Waals surface area contributed by atoms with Crippen molar-refractivity contribution in [3.63, 3.8) is 0 Å². The SMILES string of the molecule is CC(=O)N(CCc1noc(CC(C)C)n1)C1CCN(C(=O)Cc2ccccc2C)C1. The molecule has 7 heteroatoms. The largest absolute Gasteiger partial charge is 0.340 e. The molecule has 0 N–H and O–H groups in total. The molecule has 1 aromatic heterocycles. The van der Waals surface area contributed by atoms with E-state index in [0.717, 1.165) is 24.0 Å². The maximum Gasteiger partial charge on any atom is 0.227 e. The summed E-state index contributed by atoms with van der Waals surface area (Å²) in [5, 5.41) is 4.04. The lowest BCUT2D eigenvalue weighted by atomic mass is 10.1. The van der Waals surface area contributed by atoms with Crippen LogP contribution in [0.15, 0.2) is 28.8 Å². The average Bonchev–Trinajstić information content (AvgIpc) is 3.33.